The number of anilines is 2. The average Bonchev–Trinajstić information content (AvgIpc) is 3.94. The van der Waals surface area contributed by atoms with Crippen LogP contribution in [0, 0.1) is 0 Å². The Balaban J connectivity index is 1.01. The highest BCUT2D eigenvalue weighted by Gasteiger charge is 2.46. The molecule has 5 aliphatic rings. The summed E-state index contributed by atoms with van der Waals surface area (Å²) in [5, 5.41) is 9.83. The highest BCUT2D eigenvalue weighted by Crippen LogP contribution is 2.47. The van der Waals surface area contributed by atoms with Gasteiger partial charge in [0.2, 0.25) is 7.37 Å². The van der Waals surface area contributed by atoms with E-state index in [0.717, 1.165) is 4.90 Å². The number of carbonyl (C=O) groups is 4. The van der Waals surface area contributed by atoms with Crippen LogP contribution < -0.4 is 29.6 Å². The van der Waals surface area contributed by atoms with Gasteiger partial charge in [0.1, 0.15) is 6.61 Å². The Bertz CT molecular complexity index is 2680. The second-order valence-corrected chi connectivity index (χ2v) is 20.7. The molecule has 0 radical (unpaired) electrons. The Hall–Kier alpha value is -5.80. The van der Waals surface area contributed by atoms with Crippen LogP contribution in [0.4, 0.5) is 11.4 Å². The first-order valence-electron chi connectivity index (χ1n) is 21.0. The molecule has 3 unspecified atom stereocenters. The van der Waals surface area contributed by atoms with Gasteiger partial charge >= 0.3 is 20.8 Å². The van der Waals surface area contributed by atoms with Gasteiger partial charge in [0.15, 0.2) is 35.5 Å². The standard InChI is InChI=1S/C40H49N6O19PS2/c1-5-63-66(51,13-11-60-33-19-27-25(17-31(33)58-3)39(49)45-21-23(2)15-29(45)37(41-27)64-67(52,53)54)14-12-61-34-20-28-26(18-32(34)59-4)40(50)46-22-24(16-30(46)38(42-28)65-68(55,56)57)43-62-10-6-9-44-35(47)7-8-36(44)48/h7-8,17-20,29-30,37-38,41-42H,2,5-6,9-16,21-22H2,1,3-4H3,(H,52,53,54)(H,55,56,57)/t29-,30-,37?,38?,66?/m0/s1. The number of hydrogen-bond donors (Lipinski definition) is 4. The fraction of sp³-hybridized carbons (Fsp3) is 0.475. The number of ether oxygens (including phenoxy) is 4. The van der Waals surface area contributed by atoms with E-state index in [1.165, 1.54) is 60.4 Å². The highest BCUT2D eigenvalue weighted by molar-refractivity contribution is 7.81. The van der Waals surface area contributed by atoms with Gasteiger partial charge in [-0.05, 0) is 25.5 Å². The van der Waals surface area contributed by atoms with E-state index in [1.54, 1.807) is 6.92 Å². The lowest BCUT2D eigenvalue weighted by Crippen LogP contribution is -2.45. The number of hydrogen-bond acceptors (Lipinski definition) is 20. The molecule has 4 N–H and O–H groups in total. The van der Waals surface area contributed by atoms with Crippen LogP contribution in [0.15, 0.2) is 53.7 Å². The zero-order valence-electron chi connectivity index (χ0n) is 36.9. The largest absolute Gasteiger partial charge is 0.493 e. The molecule has 0 bridgehead atoms. The second kappa shape index (κ2) is 20.4. The normalized spacial score (nSPS) is 22.7. The summed E-state index contributed by atoms with van der Waals surface area (Å²) in [4.78, 5) is 60.4. The van der Waals surface area contributed by atoms with Gasteiger partial charge in [-0.3, -0.25) is 37.7 Å². The molecule has 5 heterocycles. The minimum atomic E-state index is -5.08. The lowest BCUT2D eigenvalue weighted by atomic mass is 10.1. The summed E-state index contributed by atoms with van der Waals surface area (Å²) in [5.74, 6) is -1.57. The Morgan fingerprint density at radius 1 is 0.750 bits per heavy atom. The molecule has 0 spiro atoms. The molecule has 2 aromatic carbocycles. The van der Waals surface area contributed by atoms with Crippen LogP contribution >= 0.6 is 7.37 Å². The van der Waals surface area contributed by atoms with E-state index in [-0.39, 0.29) is 123 Å². The van der Waals surface area contributed by atoms with Crippen LogP contribution in [0.1, 0.15) is 46.9 Å². The fourth-order valence-corrected chi connectivity index (χ4v) is 10.8. The monoisotopic (exact) mass is 1010 g/mol. The first-order chi connectivity index (χ1) is 32.2. The summed E-state index contributed by atoms with van der Waals surface area (Å²) >= 11 is 0. The quantitative estimate of drug-likeness (QED) is 0.0348. The van der Waals surface area contributed by atoms with Gasteiger partial charge in [-0.1, -0.05) is 17.3 Å². The summed E-state index contributed by atoms with van der Waals surface area (Å²) in [7, 11) is -10.9. The lowest BCUT2D eigenvalue weighted by Gasteiger charge is -2.27. The van der Waals surface area contributed by atoms with Gasteiger partial charge < -0.3 is 48.7 Å². The molecule has 25 nitrogen and oxygen atoms in total. The minimum absolute atomic E-state index is 0.0189. The van der Waals surface area contributed by atoms with Crippen LogP contribution in [0.2, 0.25) is 0 Å². The number of methoxy groups -OCH3 is 2. The SMILES string of the molecule is C=C1C[C@H]2C(OS(=O)(=O)O)Nc3cc(OCCP(=O)(CCOc4cc5c(cc4OC)C(=O)N4CC(=NOCCCN6C(=O)C=CC6=O)C[C@H]4C(OS(=O)(=O)O)N5)OCC)c(OC)cc3C(=O)N2C1. The minimum Gasteiger partial charge on any atom is -0.493 e. The lowest BCUT2D eigenvalue weighted by molar-refractivity contribution is -0.137. The van der Waals surface area contributed by atoms with Crippen LogP contribution in [0.3, 0.4) is 0 Å². The molecule has 0 saturated carbocycles. The van der Waals surface area contributed by atoms with Crippen LogP contribution in [0.25, 0.3) is 0 Å². The van der Waals surface area contributed by atoms with Crippen molar-refractivity contribution >= 4 is 68.9 Å². The zero-order valence-corrected chi connectivity index (χ0v) is 39.4. The summed E-state index contributed by atoms with van der Waals surface area (Å²) in [5.41, 5.74) is 1.28. The number of rotatable bonds is 21. The first-order valence-corrected chi connectivity index (χ1v) is 25.7. The van der Waals surface area contributed by atoms with Crippen molar-refractivity contribution in [3.63, 3.8) is 0 Å². The fourth-order valence-electron chi connectivity index (χ4n) is 8.26. The molecular formula is C40H49N6O19PS2. The van der Waals surface area contributed by atoms with Gasteiger partial charge in [0.25, 0.3) is 23.6 Å². The Morgan fingerprint density at radius 2 is 1.25 bits per heavy atom. The third-order valence-electron chi connectivity index (χ3n) is 11.3. The highest BCUT2D eigenvalue weighted by atomic mass is 32.3. The Labute approximate surface area is 390 Å². The smallest absolute Gasteiger partial charge is 0.399 e. The van der Waals surface area contributed by atoms with Crippen LogP contribution in [0.5, 0.6) is 23.0 Å². The number of amides is 4. The number of nitrogens with one attached hydrogen (secondary N) is 2. The average molecular weight is 1010 g/mol. The van der Waals surface area contributed by atoms with E-state index < -0.39 is 76.3 Å². The number of oxime groups is 1. The molecule has 2 saturated heterocycles. The molecule has 7 rings (SSSR count). The Morgan fingerprint density at radius 3 is 1.74 bits per heavy atom. The molecule has 2 fully saturated rings. The summed E-state index contributed by atoms with van der Waals surface area (Å²) in [6, 6.07) is 3.68. The second-order valence-electron chi connectivity index (χ2n) is 15.8. The van der Waals surface area contributed by atoms with Crippen molar-refractivity contribution in [3.05, 3.63) is 59.7 Å². The molecule has 0 aromatic heterocycles. The van der Waals surface area contributed by atoms with E-state index in [0.29, 0.717) is 11.3 Å². The third kappa shape index (κ3) is 11.5. The predicted molar refractivity (Wildman–Crippen MR) is 238 cm³/mol. The topological polar surface area (TPSA) is 314 Å². The van der Waals surface area contributed by atoms with Crippen molar-refractivity contribution in [1.82, 2.24) is 14.7 Å². The molecular weight excluding hydrogens is 964 g/mol. The number of benzene rings is 2. The maximum absolute atomic E-state index is 14.1. The molecule has 28 heteroatoms. The van der Waals surface area contributed by atoms with Gasteiger partial charge in [0.05, 0.1) is 93.2 Å². The van der Waals surface area contributed by atoms with Crippen molar-refractivity contribution in [2.45, 2.75) is 50.7 Å². The first kappa shape index (κ1) is 50.1. The van der Waals surface area contributed by atoms with Gasteiger partial charge in [-0.15, -0.1) is 0 Å². The number of fused-ring (bicyclic) bond motifs is 4. The summed E-state index contributed by atoms with van der Waals surface area (Å²) in [6.07, 6.45) is -0.419. The van der Waals surface area contributed by atoms with Gasteiger partial charge in [-0.25, -0.2) is 8.37 Å². The van der Waals surface area contributed by atoms with E-state index in [1.807, 2.05) is 0 Å². The molecule has 5 atom stereocenters. The molecule has 0 aliphatic carbocycles. The number of carbonyl (C=O) groups excluding carboxylic acids is 4. The van der Waals surface area contributed by atoms with E-state index in [4.69, 9.17) is 36.7 Å². The number of nitrogens with zero attached hydrogens (tertiary/aromatic N) is 4. The van der Waals surface area contributed by atoms with E-state index in [9.17, 15) is 49.7 Å². The molecule has 68 heavy (non-hydrogen) atoms. The maximum Gasteiger partial charge on any atom is 0.399 e. The van der Waals surface area contributed by atoms with Gasteiger partial charge in [-0.2, -0.15) is 16.8 Å². The molecule has 4 amide bonds. The summed E-state index contributed by atoms with van der Waals surface area (Å²) < 4.78 is 120. The van der Waals surface area contributed by atoms with E-state index in [2.05, 4.69) is 22.4 Å². The van der Waals surface area contributed by atoms with Gasteiger partial charge in [0, 0.05) is 50.2 Å². The Kier molecular flexibility index (Phi) is 15.0. The van der Waals surface area contributed by atoms with Crippen molar-refractivity contribution in [2.24, 2.45) is 5.16 Å². The molecule has 5 aliphatic heterocycles. The van der Waals surface area contributed by atoms with E-state index >= 15 is 0 Å². The van der Waals surface area contributed by atoms with Crippen molar-refractivity contribution < 1.29 is 86.4 Å². The van der Waals surface area contributed by atoms with Crippen molar-refractivity contribution in [2.75, 3.05) is 83.2 Å². The zero-order chi connectivity index (χ0) is 49.1. The number of imide groups is 1. The van der Waals surface area contributed by atoms with Crippen LogP contribution in [-0.4, -0.2) is 167 Å². The molecule has 2 aromatic rings. The van der Waals surface area contributed by atoms with Crippen LogP contribution in [-0.2, 0) is 52.7 Å². The molecule has 370 valence electrons. The third-order valence-corrected chi connectivity index (χ3v) is 14.6. The maximum atomic E-state index is 14.1. The predicted octanol–water partition coefficient (Wildman–Crippen LogP) is 2.29. The van der Waals surface area contributed by atoms with Crippen molar-refractivity contribution in [3.8, 4) is 23.0 Å². The van der Waals surface area contributed by atoms with Crippen molar-refractivity contribution in [1.29, 1.82) is 0 Å². The summed E-state index contributed by atoms with van der Waals surface area (Å²) in [6.45, 7) is 5.34.